The van der Waals surface area contributed by atoms with E-state index < -0.39 is 0 Å². The minimum atomic E-state index is 0.709. The van der Waals surface area contributed by atoms with Gasteiger partial charge in [0.15, 0.2) is 0 Å². The van der Waals surface area contributed by atoms with Crippen LogP contribution in [0.25, 0.3) is 0 Å². The van der Waals surface area contributed by atoms with Gasteiger partial charge in [-0.25, -0.2) is 0 Å². The molecule has 0 saturated carbocycles. The lowest BCUT2D eigenvalue weighted by Crippen LogP contribution is -2.22. The molecule has 1 N–H and O–H groups in total. The van der Waals surface area contributed by atoms with Crippen LogP contribution in [-0.4, -0.2) is 25.2 Å². The first kappa shape index (κ1) is 14.2. The van der Waals surface area contributed by atoms with Crippen molar-refractivity contribution in [1.82, 2.24) is 5.32 Å². The number of rotatable bonds is 6. The first-order valence-electron chi connectivity index (χ1n) is 6.34. The Hall–Kier alpha value is -0.190. The van der Waals surface area contributed by atoms with Crippen molar-refractivity contribution in [1.29, 1.82) is 0 Å². The molecule has 18 heavy (non-hydrogen) atoms. The molecule has 1 aromatic carbocycles. The molecule has 0 bridgehead atoms. The second kappa shape index (κ2) is 6.83. The van der Waals surface area contributed by atoms with E-state index in [9.17, 15) is 0 Å². The van der Waals surface area contributed by atoms with Crippen LogP contribution >= 0.6 is 27.7 Å². The maximum Gasteiger partial charge on any atom is 0.127 e. The van der Waals surface area contributed by atoms with Crippen LogP contribution in [0.5, 0.6) is 5.75 Å². The number of hydrogen-bond donors (Lipinski definition) is 1. The van der Waals surface area contributed by atoms with Gasteiger partial charge in [-0.3, -0.25) is 0 Å². The number of nitrogens with one attached hydrogen (secondary N) is 1. The quantitative estimate of drug-likeness (QED) is 0.863. The van der Waals surface area contributed by atoms with Crippen LogP contribution < -0.4 is 10.1 Å². The lowest BCUT2D eigenvalue weighted by molar-refractivity contribution is 0.352. The number of halogens is 1. The third-order valence-electron chi connectivity index (χ3n) is 3.08. The third kappa shape index (κ3) is 3.65. The molecule has 2 rings (SSSR count). The van der Waals surface area contributed by atoms with Gasteiger partial charge in [-0.1, -0.05) is 22.9 Å². The van der Waals surface area contributed by atoms with Crippen LogP contribution in [0.15, 0.2) is 16.6 Å². The summed E-state index contributed by atoms with van der Waals surface area (Å²) >= 11 is 5.48. The molecule has 0 radical (unpaired) electrons. The van der Waals surface area contributed by atoms with Gasteiger partial charge in [0.25, 0.3) is 0 Å². The van der Waals surface area contributed by atoms with Crippen LogP contribution in [0.1, 0.15) is 18.1 Å². The molecule has 1 aliphatic heterocycles. The predicted molar refractivity (Wildman–Crippen MR) is 82.6 cm³/mol. The summed E-state index contributed by atoms with van der Waals surface area (Å²) in [6.07, 6.45) is 3.19. The zero-order chi connectivity index (χ0) is 13.0. The van der Waals surface area contributed by atoms with Gasteiger partial charge in [0.05, 0.1) is 6.61 Å². The molecule has 2 nitrogen and oxygen atoms in total. The summed E-state index contributed by atoms with van der Waals surface area (Å²) in [5.41, 5.74) is 2.60. The fourth-order valence-electron chi connectivity index (χ4n) is 2.27. The topological polar surface area (TPSA) is 21.3 Å². The number of ether oxygens (including phenoxy) is 1. The highest BCUT2D eigenvalue weighted by atomic mass is 79.9. The molecule has 0 aromatic heterocycles. The molecule has 100 valence electrons. The molecule has 0 amide bonds. The molecule has 1 unspecified atom stereocenters. The molecule has 0 fully saturated rings. The second-order valence-corrected chi connectivity index (χ2v) is 6.67. The van der Waals surface area contributed by atoms with Gasteiger partial charge in [0, 0.05) is 23.0 Å². The SMILES string of the molecule is CSCC(C)CNCc1cc(Br)cc2c1OCC2. The van der Waals surface area contributed by atoms with Crippen molar-refractivity contribution < 1.29 is 4.74 Å². The van der Waals surface area contributed by atoms with Gasteiger partial charge < -0.3 is 10.1 Å². The van der Waals surface area contributed by atoms with Gasteiger partial charge in [0.2, 0.25) is 0 Å². The Bertz CT molecular complexity index is 411. The Kier molecular flexibility index (Phi) is 5.39. The zero-order valence-corrected chi connectivity index (χ0v) is 13.4. The van der Waals surface area contributed by atoms with Gasteiger partial charge in [-0.2, -0.15) is 11.8 Å². The molecule has 1 heterocycles. The molecule has 0 saturated heterocycles. The molecule has 0 aliphatic carbocycles. The molecule has 0 spiro atoms. The van der Waals surface area contributed by atoms with Crippen molar-refractivity contribution in [2.75, 3.05) is 25.2 Å². The van der Waals surface area contributed by atoms with Crippen molar-refractivity contribution in [2.45, 2.75) is 19.9 Å². The van der Waals surface area contributed by atoms with Gasteiger partial charge >= 0.3 is 0 Å². The average molecular weight is 330 g/mol. The smallest absolute Gasteiger partial charge is 0.127 e. The second-order valence-electron chi connectivity index (χ2n) is 4.84. The van der Waals surface area contributed by atoms with E-state index in [1.165, 1.54) is 16.9 Å². The van der Waals surface area contributed by atoms with E-state index in [-0.39, 0.29) is 0 Å². The molecule has 1 aromatic rings. The minimum Gasteiger partial charge on any atom is -0.493 e. The lowest BCUT2D eigenvalue weighted by Gasteiger charge is -2.13. The van der Waals surface area contributed by atoms with Crippen molar-refractivity contribution in [2.24, 2.45) is 5.92 Å². The summed E-state index contributed by atoms with van der Waals surface area (Å²) in [7, 11) is 0. The zero-order valence-electron chi connectivity index (χ0n) is 11.0. The number of hydrogen-bond acceptors (Lipinski definition) is 3. The Balaban J connectivity index is 1.93. The first-order valence-corrected chi connectivity index (χ1v) is 8.53. The van der Waals surface area contributed by atoms with Crippen LogP contribution in [0.4, 0.5) is 0 Å². The Morgan fingerprint density at radius 2 is 2.33 bits per heavy atom. The summed E-state index contributed by atoms with van der Waals surface area (Å²) in [5, 5.41) is 3.53. The summed E-state index contributed by atoms with van der Waals surface area (Å²) in [6.45, 7) is 5.05. The van der Waals surface area contributed by atoms with Crippen LogP contribution in [0.2, 0.25) is 0 Å². The van der Waals surface area contributed by atoms with Crippen molar-refractivity contribution >= 4 is 27.7 Å². The average Bonchev–Trinajstić information content (AvgIpc) is 2.77. The predicted octanol–water partition coefficient (Wildman–Crippen LogP) is 3.47. The fourth-order valence-corrected chi connectivity index (χ4v) is 3.51. The van der Waals surface area contributed by atoms with Gasteiger partial charge in [-0.05, 0) is 42.2 Å². The van der Waals surface area contributed by atoms with E-state index in [4.69, 9.17) is 4.74 Å². The lowest BCUT2D eigenvalue weighted by atomic mass is 10.1. The molecule has 4 heteroatoms. The molecule has 1 atom stereocenters. The largest absolute Gasteiger partial charge is 0.493 e. The van der Waals surface area contributed by atoms with E-state index in [0.29, 0.717) is 5.92 Å². The Morgan fingerprint density at radius 3 is 3.11 bits per heavy atom. The van der Waals surface area contributed by atoms with Crippen LogP contribution in [-0.2, 0) is 13.0 Å². The molecule has 1 aliphatic rings. The first-order chi connectivity index (χ1) is 8.70. The van der Waals surface area contributed by atoms with Crippen molar-refractivity contribution in [3.05, 3.63) is 27.7 Å². The normalized spacial score (nSPS) is 15.3. The molecular weight excluding hydrogens is 310 g/mol. The van der Waals surface area contributed by atoms with E-state index in [0.717, 1.165) is 36.3 Å². The van der Waals surface area contributed by atoms with E-state index >= 15 is 0 Å². The van der Waals surface area contributed by atoms with Crippen LogP contribution in [0, 0.1) is 5.92 Å². The maximum atomic E-state index is 5.72. The summed E-state index contributed by atoms with van der Waals surface area (Å²) in [5.74, 6) is 3.02. The number of thioether (sulfide) groups is 1. The third-order valence-corrected chi connectivity index (χ3v) is 4.44. The summed E-state index contributed by atoms with van der Waals surface area (Å²) in [4.78, 5) is 0. The summed E-state index contributed by atoms with van der Waals surface area (Å²) in [6, 6.07) is 4.33. The van der Waals surface area contributed by atoms with Gasteiger partial charge in [0.1, 0.15) is 5.75 Å². The van der Waals surface area contributed by atoms with Crippen molar-refractivity contribution in [3.8, 4) is 5.75 Å². The fraction of sp³-hybridized carbons (Fsp3) is 0.571. The van der Waals surface area contributed by atoms with E-state index in [1.54, 1.807) is 0 Å². The molecular formula is C14H20BrNOS. The standard InChI is InChI=1S/C14H20BrNOS/c1-10(9-18-2)7-16-8-12-6-13(15)5-11-3-4-17-14(11)12/h5-6,10,16H,3-4,7-9H2,1-2H3. The Labute approximate surface area is 122 Å². The summed E-state index contributed by atoms with van der Waals surface area (Å²) < 4.78 is 6.88. The monoisotopic (exact) mass is 329 g/mol. The van der Waals surface area contributed by atoms with Crippen LogP contribution in [0.3, 0.4) is 0 Å². The highest BCUT2D eigenvalue weighted by Crippen LogP contribution is 2.32. The highest BCUT2D eigenvalue weighted by molar-refractivity contribution is 9.10. The number of fused-ring (bicyclic) bond motifs is 1. The van der Waals surface area contributed by atoms with E-state index in [1.807, 2.05) is 11.8 Å². The minimum absolute atomic E-state index is 0.709. The van der Waals surface area contributed by atoms with Gasteiger partial charge in [-0.15, -0.1) is 0 Å². The highest BCUT2D eigenvalue weighted by Gasteiger charge is 2.17. The van der Waals surface area contributed by atoms with E-state index in [2.05, 4.69) is 46.6 Å². The Morgan fingerprint density at radius 1 is 1.50 bits per heavy atom. The van der Waals surface area contributed by atoms with Crippen molar-refractivity contribution in [3.63, 3.8) is 0 Å². The number of benzene rings is 1. The maximum absolute atomic E-state index is 5.72.